The number of benzene rings is 7. The topological polar surface area (TPSA) is 43.9 Å². The number of pyridine rings is 1. The van der Waals surface area contributed by atoms with Crippen molar-refractivity contribution in [2.75, 3.05) is 0 Å². The van der Waals surface area contributed by atoms with Crippen LogP contribution in [0.1, 0.15) is 97.7 Å². The number of nitrogens with zero attached hydrogens (tertiary/aromatic N) is 3. The first-order chi connectivity index (χ1) is 37.8. The molecule has 10 rings (SSSR count). The number of aromatic nitrogens is 3. The van der Waals surface area contributed by atoms with Gasteiger partial charge >= 0.3 is 18.0 Å². The van der Waals surface area contributed by atoms with Crippen LogP contribution in [0.25, 0.3) is 83.6 Å². The summed E-state index contributed by atoms with van der Waals surface area (Å²) in [5.74, 6) is 0.866. The molecule has 0 unspecified atom stereocenters. The van der Waals surface area contributed by atoms with Crippen molar-refractivity contribution in [1.82, 2.24) is 14.5 Å². The fourth-order valence-corrected chi connectivity index (χ4v) is 9.02. The Bertz CT molecular complexity index is 3910. The predicted octanol–water partition coefficient (Wildman–Crippen LogP) is 18.7. The van der Waals surface area contributed by atoms with E-state index in [0.717, 1.165) is 96.1 Å². The number of hydrogen-bond acceptors (Lipinski definition) is 3. The summed E-state index contributed by atoms with van der Waals surface area (Å²) in [6, 6.07) is 46.3. The first-order valence-corrected chi connectivity index (χ1v) is 23.9. The van der Waals surface area contributed by atoms with Gasteiger partial charge in [0.15, 0.2) is 0 Å². The number of alkyl halides is 7. The van der Waals surface area contributed by atoms with Gasteiger partial charge in [-0.05, 0) is 105 Å². The average Bonchev–Trinajstić information content (AvgIpc) is 2.77. The predicted molar refractivity (Wildman–Crippen MR) is 283 cm³/mol. The molecule has 1 radical (unpaired) electrons. The number of halogens is 7. The number of hydrogen-bond donors (Lipinski definition) is 0. The smallest absolute Gasteiger partial charge is 0.435 e. The van der Waals surface area contributed by atoms with E-state index in [1.54, 1.807) is 12.1 Å². The molecule has 0 bridgehead atoms. The fourth-order valence-electron chi connectivity index (χ4n) is 9.02. The molecule has 0 saturated carbocycles. The summed E-state index contributed by atoms with van der Waals surface area (Å²) in [6.45, 7) is 11.8. The Hall–Kier alpha value is -6.88. The number of rotatable bonds is 9. The molecule has 387 valence electrons. The zero-order chi connectivity index (χ0) is 58.9. The van der Waals surface area contributed by atoms with Crippen molar-refractivity contribution >= 4 is 33.0 Å². The number of furan rings is 1. The van der Waals surface area contributed by atoms with Crippen LogP contribution in [-0.2, 0) is 32.1 Å². The van der Waals surface area contributed by atoms with E-state index in [-0.39, 0.29) is 61.2 Å². The zero-order valence-electron chi connectivity index (χ0n) is 48.7. The zero-order valence-corrected chi connectivity index (χ0v) is 44.1. The maximum atomic E-state index is 14.1. The number of para-hydroxylation sites is 2. The summed E-state index contributed by atoms with van der Waals surface area (Å²) in [7, 11) is 0. The van der Waals surface area contributed by atoms with Crippen molar-refractivity contribution in [2.45, 2.75) is 91.5 Å². The third-order valence-corrected chi connectivity index (χ3v) is 12.5. The second kappa shape index (κ2) is 21.0. The second-order valence-electron chi connectivity index (χ2n) is 19.7. The maximum absolute atomic E-state index is 14.1. The van der Waals surface area contributed by atoms with Crippen molar-refractivity contribution in [1.29, 1.82) is 0 Å². The minimum absolute atomic E-state index is 0. The molecule has 3 heterocycles. The van der Waals surface area contributed by atoms with E-state index in [2.05, 4.69) is 104 Å². The molecule has 0 aliphatic carbocycles. The molecule has 0 atom stereocenters. The van der Waals surface area contributed by atoms with Gasteiger partial charge in [0.05, 0.1) is 25.2 Å². The van der Waals surface area contributed by atoms with Gasteiger partial charge < -0.3 is 14.0 Å². The molecule has 7 aromatic carbocycles. The Morgan fingerprint density at radius 1 is 0.693 bits per heavy atom. The van der Waals surface area contributed by atoms with E-state index in [1.165, 1.54) is 0 Å². The van der Waals surface area contributed by atoms with Crippen LogP contribution < -0.4 is 0 Å². The van der Waals surface area contributed by atoms with Crippen LogP contribution in [0, 0.1) is 24.4 Å². The Morgan fingerprint density at radius 3 is 1.97 bits per heavy atom. The molecule has 12 heteroatoms. The number of aryl methyl sites for hydroxylation is 1. The summed E-state index contributed by atoms with van der Waals surface area (Å²) in [4.78, 5) is 8.89. The maximum Gasteiger partial charge on any atom is 0.435 e. The molecule has 0 saturated heterocycles. The molecule has 0 aliphatic rings. The SMILES string of the molecule is [2H]C([2H])([2H])c1c[c-]c(-c2cc(C(F)(C(F)(F)F)C(F)(F)F)ccn2)cc1.[2H]c1cc(C([2H])([2H])C(C)(C)C)cc([2H])c1-c1cc(C(C)C)c(-n2c(-c3[c-]ccc4c3oc3cc(-c5ccccc5)ccc34)nc3ccccc32)c(C(C)C)c1.[Ir]. The van der Waals surface area contributed by atoms with Crippen molar-refractivity contribution in [3.05, 3.63) is 198 Å². The molecular formula is C63H54F7IrN3O-2. The molecule has 10 aromatic rings. The van der Waals surface area contributed by atoms with Gasteiger partial charge in [0.1, 0.15) is 5.58 Å². The van der Waals surface area contributed by atoms with E-state index in [0.29, 0.717) is 23.4 Å². The molecule has 4 nitrogen and oxygen atoms in total. The monoisotopic (exact) mass is 1200 g/mol. The van der Waals surface area contributed by atoms with Crippen LogP contribution in [-0.4, -0.2) is 26.9 Å². The Morgan fingerprint density at radius 2 is 1.36 bits per heavy atom. The first kappa shape index (κ1) is 45.5. The number of fused-ring (bicyclic) bond motifs is 4. The van der Waals surface area contributed by atoms with Gasteiger partial charge in [-0.2, -0.15) is 26.3 Å². The molecule has 0 amide bonds. The van der Waals surface area contributed by atoms with Crippen LogP contribution in [0.2, 0.25) is 0 Å². The van der Waals surface area contributed by atoms with Gasteiger partial charge in [-0.25, -0.2) is 4.39 Å². The normalized spacial score (nSPS) is 14.1. The summed E-state index contributed by atoms with van der Waals surface area (Å²) < 4.78 is 158. The molecule has 75 heavy (non-hydrogen) atoms. The Labute approximate surface area is 455 Å². The third kappa shape index (κ3) is 10.8. The molecular weight excluding hydrogens is 1140 g/mol. The summed E-state index contributed by atoms with van der Waals surface area (Å²) in [5.41, 5.74) is 2.46. The summed E-state index contributed by atoms with van der Waals surface area (Å²) in [5, 5.41) is 2.03. The largest absolute Gasteiger partial charge is 0.501 e. The van der Waals surface area contributed by atoms with Crippen LogP contribution in [0.4, 0.5) is 30.7 Å². The van der Waals surface area contributed by atoms with Crippen molar-refractivity contribution in [2.24, 2.45) is 5.41 Å². The van der Waals surface area contributed by atoms with Gasteiger partial charge in [-0.1, -0.05) is 151 Å². The molecule has 0 fully saturated rings. The standard InChI is InChI=1S/C48H45N2O.C15H9F7N.Ir/c1-30(2)40-26-36(34-22-20-32(21-23-34)29-48(5,6)7)27-41(31(3)4)45(40)50-43-19-12-11-18-42(43)49-47(50)39-17-13-16-38-37-25-24-35(28-44(37)51-46(38)39)33-14-9-8-10-15-33;1-9-2-4-10(5-3-9)12-8-11(6-7-23-12)13(16,14(17,18)19)15(20,21)22;/h8-16,18-28,30-31H,29H2,1-7H3;2-4,6-8H,1H3;/q2*-1;/i22D,23D,29D2;1D3;. The van der Waals surface area contributed by atoms with E-state index in [4.69, 9.17) is 19.0 Å². The van der Waals surface area contributed by atoms with Gasteiger partial charge in [-0.15, -0.1) is 53.6 Å². The van der Waals surface area contributed by atoms with Gasteiger partial charge in [-0.3, -0.25) is 4.98 Å². The minimum Gasteiger partial charge on any atom is -0.501 e. The van der Waals surface area contributed by atoms with Crippen LogP contribution in [0.5, 0.6) is 0 Å². The molecule has 0 N–H and O–H groups in total. The van der Waals surface area contributed by atoms with Gasteiger partial charge in [0.25, 0.3) is 0 Å². The fraction of sp³-hybridized carbons (Fsp3) is 0.238. The van der Waals surface area contributed by atoms with E-state index < -0.39 is 47.9 Å². The van der Waals surface area contributed by atoms with Crippen molar-refractivity contribution in [3.8, 4) is 50.6 Å². The van der Waals surface area contributed by atoms with Crippen LogP contribution in [0.15, 0.2) is 162 Å². The first-order valence-electron chi connectivity index (χ1n) is 27.4. The molecule has 0 spiro atoms. The Kier molecular flexibility index (Phi) is 12.8. The van der Waals surface area contributed by atoms with Crippen molar-refractivity contribution < 1.29 is 64.9 Å². The molecule has 3 aromatic heterocycles. The van der Waals surface area contributed by atoms with E-state index in [9.17, 15) is 30.7 Å². The minimum atomic E-state index is -6.24. The average molecular weight is 1200 g/mol. The van der Waals surface area contributed by atoms with Gasteiger partial charge in [0.2, 0.25) is 0 Å². The quantitative estimate of drug-likeness (QED) is 0.107. The molecule has 0 aliphatic heterocycles. The van der Waals surface area contributed by atoms with E-state index >= 15 is 0 Å². The number of imidazole rings is 1. The Balaban J connectivity index is 0.000000275. The van der Waals surface area contributed by atoms with Crippen LogP contribution in [0.3, 0.4) is 0 Å². The van der Waals surface area contributed by atoms with Crippen LogP contribution >= 0.6 is 0 Å². The van der Waals surface area contributed by atoms with Gasteiger partial charge in [0, 0.05) is 49.8 Å². The third-order valence-electron chi connectivity index (χ3n) is 12.5. The summed E-state index contributed by atoms with van der Waals surface area (Å²) >= 11 is 0. The van der Waals surface area contributed by atoms with E-state index in [1.807, 2.05) is 63.2 Å². The second-order valence-corrected chi connectivity index (χ2v) is 19.7. The summed E-state index contributed by atoms with van der Waals surface area (Å²) in [6.07, 6.45) is -13.6. The van der Waals surface area contributed by atoms with Crippen molar-refractivity contribution in [3.63, 3.8) is 0 Å².